The molecule has 2 aromatic carbocycles. The zero-order valence-corrected chi connectivity index (χ0v) is 10.3. The number of ether oxygens (including phenoxy) is 1. The molecule has 1 heterocycles. The number of nitrogen functional groups attached to an aromatic ring is 1. The van der Waals surface area contributed by atoms with Gasteiger partial charge in [-0.3, -0.25) is 0 Å². The Hall–Kier alpha value is -2.62. The Bertz CT molecular complexity index is 707. The minimum atomic E-state index is 0.305. The third-order valence-corrected chi connectivity index (χ3v) is 2.83. The number of nitrogens with zero attached hydrogens (tertiary/aromatic N) is 2. The van der Waals surface area contributed by atoms with E-state index >= 15 is 0 Å². The summed E-state index contributed by atoms with van der Waals surface area (Å²) in [4.78, 5) is 8.23. The zero-order chi connectivity index (χ0) is 13.1. The molecule has 0 atom stereocenters. The molecule has 3 aromatic rings. The first-order chi connectivity index (χ1) is 9.33. The number of aromatic nitrogens is 2. The fourth-order valence-electron chi connectivity index (χ4n) is 1.95. The maximum atomic E-state index is 5.78. The Morgan fingerprint density at radius 3 is 2.74 bits per heavy atom. The summed E-state index contributed by atoms with van der Waals surface area (Å²) in [6.07, 6.45) is 1.63. The minimum Gasteiger partial charge on any atom is -0.485 e. The number of anilines is 1. The van der Waals surface area contributed by atoms with Gasteiger partial charge in [-0.15, -0.1) is 0 Å². The minimum absolute atomic E-state index is 0.305. The molecule has 0 fully saturated rings. The lowest BCUT2D eigenvalue weighted by molar-refractivity contribution is 0.299. The van der Waals surface area contributed by atoms with Gasteiger partial charge in [0, 0.05) is 11.6 Å². The molecule has 0 aliphatic carbocycles. The molecule has 19 heavy (non-hydrogen) atoms. The van der Waals surface area contributed by atoms with Crippen LogP contribution < -0.4 is 10.5 Å². The Morgan fingerprint density at radius 1 is 1.00 bits per heavy atom. The Balaban J connectivity index is 1.86. The summed E-state index contributed by atoms with van der Waals surface area (Å²) in [5.41, 5.74) is 5.61. The third-order valence-electron chi connectivity index (χ3n) is 2.83. The van der Waals surface area contributed by atoms with Gasteiger partial charge in [0.25, 0.3) is 0 Å². The van der Waals surface area contributed by atoms with Crippen LogP contribution in [0.4, 0.5) is 5.82 Å². The molecule has 2 N–H and O–H groups in total. The van der Waals surface area contributed by atoms with Gasteiger partial charge >= 0.3 is 0 Å². The van der Waals surface area contributed by atoms with E-state index in [1.54, 1.807) is 12.3 Å². The van der Waals surface area contributed by atoms with E-state index < -0.39 is 0 Å². The second kappa shape index (κ2) is 4.94. The van der Waals surface area contributed by atoms with Gasteiger partial charge in [0.05, 0.1) is 0 Å². The Kier molecular flexibility index (Phi) is 2.98. The van der Waals surface area contributed by atoms with Gasteiger partial charge in [0.2, 0.25) is 0 Å². The SMILES string of the molecule is Nc1ccnc(COc2cccc3ccccc23)n1. The van der Waals surface area contributed by atoms with E-state index in [4.69, 9.17) is 10.5 Å². The maximum absolute atomic E-state index is 5.78. The number of benzene rings is 2. The molecule has 0 saturated heterocycles. The molecule has 0 aliphatic rings. The summed E-state index contributed by atoms with van der Waals surface area (Å²) < 4.78 is 5.78. The molecule has 0 aliphatic heterocycles. The van der Waals surface area contributed by atoms with Crippen molar-refractivity contribution >= 4 is 16.6 Å². The fraction of sp³-hybridized carbons (Fsp3) is 0.0667. The van der Waals surface area contributed by atoms with Crippen molar-refractivity contribution < 1.29 is 4.74 Å². The first kappa shape index (κ1) is 11.5. The molecule has 4 nitrogen and oxygen atoms in total. The van der Waals surface area contributed by atoms with Crippen LogP contribution in [0.25, 0.3) is 10.8 Å². The normalized spacial score (nSPS) is 10.5. The first-order valence-corrected chi connectivity index (χ1v) is 6.01. The molecular weight excluding hydrogens is 238 g/mol. The van der Waals surface area contributed by atoms with Crippen LogP contribution in [0.2, 0.25) is 0 Å². The molecule has 0 amide bonds. The molecule has 0 saturated carbocycles. The maximum Gasteiger partial charge on any atom is 0.168 e. The van der Waals surface area contributed by atoms with Gasteiger partial charge in [-0.25, -0.2) is 9.97 Å². The highest BCUT2D eigenvalue weighted by Crippen LogP contribution is 2.25. The number of hydrogen-bond acceptors (Lipinski definition) is 4. The third kappa shape index (κ3) is 2.47. The van der Waals surface area contributed by atoms with Crippen molar-refractivity contribution in [3.8, 4) is 5.75 Å². The average molecular weight is 251 g/mol. The van der Waals surface area contributed by atoms with E-state index in [0.717, 1.165) is 16.5 Å². The molecule has 1 aromatic heterocycles. The number of nitrogens with two attached hydrogens (primary N) is 1. The zero-order valence-electron chi connectivity index (χ0n) is 10.3. The average Bonchev–Trinajstić information content (AvgIpc) is 2.45. The predicted octanol–water partition coefficient (Wildman–Crippen LogP) is 2.79. The van der Waals surface area contributed by atoms with Crippen LogP contribution in [-0.4, -0.2) is 9.97 Å². The number of rotatable bonds is 3. The van der Waals surface area contributed by atoms with Crippen LogP contribution in [0.3, 0.4) is 0 Å². The number of fused-ring (bicyclic) bond motifs is 1. The molecule has 0 bridgehead atoms. The van der Waals surface area contributed by atoms with E-state index in [-0.39, 0.29) is 0 Å². The van der Waals surface area contributed by atoms with Crippen LogP contribution in [0.1, 0.15) is 5.82 Å². The van der Waals surface area contributed by atoms with Crippen LogP contribution in [0.5, 0.6) is 5.75 Å². The Labute approximate surface area is 110 Å². The standard InChI is InChI=1S/C15H13N3O/c16-14-8-9-17-15(18-14)10-19-13-7-3-5-11-4-1-2-6-12(11)13/h1-9H,10H2,(H2,16,17,18). The van der Waals surface area contributed by atoms with Crippen molar-refractivity contribution in [1.82, 2.24) is 9.97 Å². The van der Waals surface area contributed by atoms with Crippen molar-refractivity contribution in [2.75, 3.05) is 5.73 Å². The summed E-state index contributed by atoms with van der Waals surface area (Å²) in [7, 11) is 0. The smallest absolute Gasteiger partial charge is 0.168 e. The van der Waals surface area contributed by atoms with Gasteiger partial charge in [0.1, 0.15) is 18.2 Å². The van der Waals surface area contributed by atoms with Gasteiger partial charge in [0.15, 0.2) is 5.82 Å². The largest absolute Gasteiger partial charge is 0.485 e. The van der Waals surface area contributed by atoms with Crippen LogP contribution in [-0.2, 0) is 6.61 Å². The van der Waals surface area contributed by atoms with Crippen molar-refractivity contribution in [2.45, 2.75) is 6.61 Å². The molecule has 94 valence electrons. The van der Waals surface area contributed by atoms with E-state index in [1.807, 2.05) is 30.3 Å². The summed E-state index contributed by atoms with van der Waals surface area (Å²) in [6.45, 7) is 0.305. The van der Waals surface area contributed by atoms with E-state index in [0.29, 0.717) is 18.2 Å². The summed E-state index contributed by atoms with van der Waals surface area (Å²) >= 11 is 0. The lowest BCUT2D eigenvalue weighted by Gasteiger charge is -2.08. The highest BCUT2D eigenvalue weighted by atomic mass is 16.5. The van der Waals surface area contributed by atoms with Gasteiger partial charge < -0.3 is 10.5 Å². The van der Waals surface area contributed by atoms with E-state index in [2.05, 4.69) is 22.1 Å². The summed E-state index contributed by atoms with van der Waals surface area (Å²) in [5.74, 6) is 1.85. The lowest BCUT2D eigenvalue weighted by atomic mass is 10.1. The van der Waals surface area contributed by atoms with Crippen LogP contribution >= 0.6 is 0 Å². The fourth-order valence-corrected chi connectivity index (χ4v) is 1.95. The van der Waals surface area contributed by atoms with Crippen LogP contribution in [0.15, 0.2) is 54.7 Å². The second-order valence-electron chi connectivity index (χ2n) is 4.16. The lowest BCUT2D eigenvalue weighted by Crippen LogP contribution is -2.03. The molecule has 0 radical (unpaired) electrons. The molecule has 0 unspecified atom stereocenters. The van der Waals surface area contributed by atoms with Gasteiger partial charge in [-0.1, -0.05) is 36.4 Å². The van der Waals surface area contributed by atoms with Crippen LogP contribution in [0, 0.1) is 0 Å². The van der Waals surface area contributed by atoms with Gasteiger partial charge in [-0.05, 0) is 17.5 Å². The topological polar surface area (TPSA) is 61.0 Å². The first-order valence-electron chi connectivity index (χ1n) is 6.01. The summed E-state index contributed by atoms with van der Waals surface area (Å²) in [5, 5.41) is 2.22. The second-order valence-corrected chi connectivity index (χ2v) is 4.16. The van der Waals surface area contributed by atoms with Gasteiger partial charge in [-0.2, -0.15) is 0 Å². The predicted molar refractivity (Wildman–Crippen MR) is 74.7 cm³/mol. The van der Waals surface area contributed by atoms with Crippen molar-refractivity contribution in [3.05, 3.63) is 60.6 Å². The highest BCUT2D eigenvalue weighted by molar-refractivity contribution is 5.88. The van der Waals surface area contributed by atoms with Crippen molar-refractivity contribution in [2.24, 2.45) is 0 Å². The molecular formula is C15H13N3O. The monoisotopic (exact) mass is 251 g/mol. The molecule has 4 heteroatoms. The van der Waals surface area contributed by atoms with E-state index in [9.17, 15) is 0 Å². The Morgan fingerprint density at radius 2 is 1.84 bits per heavy atom. The quantitative estimate of drug-likeness (QED) is 0.777. The summed E-state index contributed by atoms with van der Waals surface area (Å²) in [6, 6.07) is 15.7. The molecule has 3 rings (SSSR count). The number of hydrogen-bond donors (Lipinski definition) is 1. The van der Waals surface area contributed by atoms with E-state index in [1.165, 1.54) is 0 Å². The van der Waals surface area contributed by atoms with Crippen molar-refractivity contribution in [1.29, 1.82) is 0 Å². The highest BCUT2D eigenvalue weighted by Gasteiger charge is 2.03. The molecule has 0 spiro atoms. The van der Waals surface area contributed by atoms with Crippen molar-refractivity contribution in [3.63, 3.8) is 0 Å².